The summed E-state index contributed by atoms with van der Waals surface area (Å²) in [5.41, 5.74) is 0. The zero-order chi connectivity index (χ0) is 13.7. The molecule has 2 N–H and O–H groups in total. The van der Waals surface area contributed by atoms with Gasteiger partial charge in [0.1, 0.15) is 0 Å². The van der Waals surface area contributed by atoms with Crippen LogP contribution in [-0.2, 0) is 9.53 Å². The fourth-order valence-corrected chi connectivity index (χ4v) is 2.73. The predicted molar refractivity (Wildman–Crippen MR) is 74.5 cm³/mol. The van der Waals surface area contributed by atoms with Gasteiger partial charge in [-0.15, -0.1) is 0 Å². The molecule has 0 saturated carbocycles. The van der Waals surface area contributed by atoms with Crippen LogP contribution in [0.15, 0.2) is 10.6 Å². The van der Waals surface area contributed by atoms with E-state index in [9.17, 15) is 9.90 Å². The van der Waals surface area contributed by atoms with Gasteiger partial charge in [0, 0.05) is 13.3 Å². The van der Waals surface area contributed by atoms with Crippen LogP contribution < -0.4 is 5.32 Å². The monoisotopic (exact) mass is 319 g/mol. The predicted octanol–water partition coefficient (Wildman–Crippen LogP) is 2.11. The minimum absolute atomic E-state index is 0.146. The average Bonchev–Trinajstić information content (AvgIpc) is 2.29. The zero-order valence-electron chi connectivity index (χ0n) is 11.1. The number of ether oxygens (including phenoxy) is 1. The van der Waals surface area contributed by atoms with Gasteiger partial charge in [0.25, 0.3) is 0 Å². The third kappa shape index (κ3) is 4.37. The van der Waals surface area contributed by atoms with Gasteiger partial charge in [-0.1, -0.05) is 29.8 Å². The molecule has 1 aliphatic rings. The molecule has 0 aromatic carbocycles. The molecule has 104 valence electrons. The fourth-order valence-electron chi connectivity index (χ4n) is 2.14. The van der Waals surface area contributed by atoms with Gasteiger partial charge >= 0.3 is 0 Å². The Labute approximate surface area is 117 Å². The van der Waals surface area contributed by atoms with Crippen LogP contribution in [0.3, 0.4) is 0 Å². The van der Waals surface area contributed by atoms with E-state index in [-0.39, 0.29) is 24.2 Å². The van der Waals surface area contributed by atoms with Crippen molar-refractivity contribution in [3.63, 3.8) is 0 Å². The summed E-state index contributed by atoms with van der Waals surface area (Å²) in [6, 6.07) is -0.371. The van der Waals surface area contributed by atoms with E-state index in [1.807, 2.05) is 6.08 Å². The lowest BCUT2D eigenvalue weighted by molar-refractivity contribution is -0.123. The number of halogens is 1. The topological polar surface area (TPSA) is 58.6 Å². The molecule has 0 aromatic heterocycles. The molecular weight excluding hydrogens is 298 g/mol. The second-order valence-corrected chi connectivity index (χ2v) is 5.67. The first kappa shape index (κ1) is 15.7. The summed E-state index contributed by atoms with van der Waals surface area (Å²) in [7, 11) is 0. The van der Waals surface area contributed by atoms with Crippen LogP contribution in [0.5, 0.6) is 0 Å². The van der Waals surface area contributed by atoms with Crippen LogP contribution in [-0.4, -0.2) is 35.4 Å². The number of hydrogen-bond acceptors (Lipinski definition) is 3. The Bertz CT molecular complexity index is 315. The Kier molecular flexibility index (Phi) is 6.32. The lowest BCUT2D eigenvalue weighted by atomic mass is 9.95. The number of nitrogens with one attached hydrogen (secondary N) is 1. The Morgan fingerprint density at radius 3 is 2.72 bits per heavy atom. The fraction of sp³-hybridized carbons (Fsp3) is 0.769. The van der Waals surface area contributed by atoms with Gasteiger partial charge in [0.15, 0.2) is 0 Å². The first-order chi connectivity index (χ1) is 8.47. The lowest BCUT2D eigenvalue weighted by Crippen LogP contribution is -2.53. The first-order valence-corrected chi connectivity index (χ1v) is 7.24. The molecule has 0 bridgehead atoms. The molecule has 0 heterocycles. The van der Waals surface area contributed by atoms with Crippen LogP contribution >= 0.6 is 15.9 Å². The second-order valence-electron chi connectivity index (χ2n) is 4.65. The van der Waals surface area contributed by atoms with Crippen LogP contribution in [0.1, 0.15) is 40.0 Å². The van der Waals surface area contributed by atoms with E-state index < -0.39 is 6.10 Å². The normalized spacial score (nSPS) is 28.1. The van der Waals surface area contributed by atoms with Gasteiger partial charge in [-0.3, -0.25) is 4.79 Å². The van der Waals surface area contributed by atoms with Crippen molar-refractivity contribution in [2.75, 3.05) is 0 Å². The Balaban J connectivity index is 2.79. The maximum atomic E-state index is 11.2. The molecule has 0 radical (unpaired) electrons. The highest BCUT2D eigenvalue weighted by atomic mass is 79.9. The molecule has 0 saturated heterocycles. The Morgan fingerprint density at radius 1 is 1.61 bits per heavy atom. The molecule has 0 aromatic rings. The highest BCUT2D eigenvalue weighted by Gasteiger charge is 2.34. The van der Waals surface area contributed by atoms with Gasteiger partial charge in [0.05, 0.1) is 24.4 Å². The number of aliphatic hydroxyl groups is 1. The van der Waals surface area contributed by atoms with Crippen molar-refractivity contribution in [1.29, 1.82) is 0 Å². The van der Waals surface area contributed by atoms with Gasteiger partial charge in [0.2, 0.25) is 5.91 Å². The SMILES string of the molecule is CCC(CC)O[C@@H]1C=C(Br)CC(O)C1NC(C)=O. The summed E-state index contributed by atoms with van der Waals surface area (Å²) in [5, 5.41) is 12.8. The molecule has 2 unspecified atom stereocenters. The first-order valence-electron chi connectivity index (χ1n) is 6.44. The summed E-state index contributed by atoms with van der Waals surface area (Å²) < 4.78 is 6.89. The van der Waals surface area contributed by atoms with Crippen molar-refractivity contribution in [1.82, 2.24) is 5.32 Å². The van der Waals surface area contributed by atoms with Crippen LogP contribution in [0, 0.1) is 0 Å². The van der Waals surface area contributed by atoms with E-state index in [2.05, 4.69) is 35.1 Å². The summed E-state index contributed by atoms with van der Waals surface area (Å²) >= 11 is 3.40. The molecular formula is C13H22BrNO3. The molecule has 1 aliphatic carbocycles. The third-order valence-electron chi connectivity index (χ3n) is 3.15. The molecule has 4 nitrogen and oxygen atoms in total. The molecule has 18 heavy (non-hydrogen) atoms. The molecule has 0 fully saturated rings. The molecule has 0 aliphatic heterocycles. The summed E-state index contributed by atoms with van der Waals surface area (Å²) in [5.74, 6) is -0.149. The zero-order valence-corrected chi connectivity index (χ0v) is 12.7. The Hall–Kier alpha value is -0.390. The van der Waals surface area contributed by atoms with Crippen molar-refractivity contribution in [3.8, 4) is 0 Å². The van der Waals surface area contributed by atoms with Crippen molar-refractivity contribution >= 4 is 21.8 Å². The van der Waals surface area contributed by atoms with Gasteiger partial charge in [-0.25, -0.2) is 0 Å². The smallest absolute Gasteiger partial charge is 0.217 e. The highest BCUT2D eigenvalue weighted by molar-refractivity contribution is 9.11. The van der Waals surface area contributed by atoms with Gasteiger partial charge in [-0.2, -0.15) is 0 Å². The number of carbonyl (C=O) groups is 1. The van der Waals surface area contributed by atoms with Crippen molar-refractivity contribution in [2.24, 2.45) is 0 Å². The molecule has 3 atom stereocenters. The largest absolute Gasteiger partial charge is 0.391 e. The number of rotatable bonds is 5. The lowest BCUT2D eigenvalue weighted by Gasteiger charge is -2.35. The number of carbonyl (C=O) groups excluding carboxylic acids is 1. The minimum Gasteiger partial charge on any atom is -0.391 e. The number of hydrogen-bond donors (Lipinski definition) is 2. The number of aliphatic hydroxyl groups excluding tert-OH is 1. The average molecular weight is 320 g/mol. The summed E-state index contributed by atoms with van der Waals surface area (Å²) in [6.45, 7) is 5.59. The molecule has 1 amide bonds. The minimum atomic E-state index is -0.618. The molecule has 0 spiro atoms. The van der Waals surface area contributed by atoms with E-state index in [1.165, 1.54) is 6.92 Å². The third-order valence-corrected chi connectivity index (χ3v) is 3.74. The van der Waals surface area contributed by atoms with E-state index >= 15 is 0 Å². The summed E-state index contributed by atoms with van der Waals surface area (Å²) in [4.78, 5) is 11.2. The number of amides is 1. The Morgan fingerprint density at radius 2 is 2.22 bits per heavy atom. The van der Waals surface area contributed by atoms with Crippen molar-refractivity contribution in [2.45, 2.75) is 64.4 Å². The van der Waals surface area contributed by atoms with Gasteiger partial charge in [-0.05, 0) is 23.4 Å². The van der Waals surface area contributed by atoms with Crippen molar-refractivity contribution < 1.29 is 14.6 Å². The van der Waals surface area contributed by atoms with E-state index in [0.29, 0.717) is 6.42 Å². The van der Waals surface area contributed by atoms with Crippen LogP contribution in [0.4, 0.5) is 0 Å². The summed E-state index contributed by atoms with van der Waals surface area (Å²) in [6.07, 6.45) is 3.53. The van der Waals surface area contributed by atoms with Crippen molar-refractivity contribution in [3.05, 3.63) is 10.6 Å². The standard InChI is InChI=1S/C13H22BrNO3/c1-4-10(5-2)18-12-7-9(14)6-11(17)13(12)15-8(3)16/h7,10-13,17H,4-6H2,1-3H3,(H,15,16)/t11?,12-,13?/m1/s1. The maximum absolute atomic E-state index is 11.2. The van der Waals surface area contributed by atoms with Gasteiger partial charge < -0.3 is 15.2 Å². The van der Waals surface area contributed by atoms with E-state index in [0.717, 1.165) is 17.3 Å². The molecule has 1 rings (SSSR count). The second kappa shape index (κ2) is 7.26. The van der Waals surface area contributed by atoms with E-state index in [4.69, 9.17) is 4.74 Å². The quantitative estimate of drug-likeness (QED) is 0.816. The maximum Gasteiger partial charge on any atom is 0.217 e. The van der Waals surface area contributed by atoms with E-state index in [1.54, 1.807) is 0 Å². The van der Waals surface area contributed by atoms with Crippen LogP contribution in [0.25, 0.3) is 0 Å². The highest BCUT2D eigenvalue weighted by Crippen LogP contribution is 2.27. The molecule has 5 heteroatoms. The van der Waals surface area contributed by atoms with Crippen LogP contribution in [0.2, 0.25) is 0 Å².